The van der Waals surface area contributed by atoms with Crippen molar-refractivity contribution in [2.45, 2.75) is 27.2 Å². The number of aryl methyl sites for hydroxylation is 3. The van der Waals surface area contributed by atoms with E-state index < -0.39 is 0 Å². The predicted molar refractivity (Wildman–Crippen MR) is 120 cm³/mol. The van der Waals surface area contributed by atoms with E-state index >= 15 is 0 Å². The molecule has 2 aliphatic rings. The molecule has 0 atom stereocenters. The number of rotatable bonds is 4. The van der Waals surface area contributed by atoms with Gasteiger partial charge in [0.05, 0.1) is 11.3 Å². The van der Waals surface area contributed by atoms with Gasteiger partial charge in [0.25, 0.3) is 11.8 Å². The molecule has 0 N–H and O–H groups in total. The second-order valence-corrected chi connectivity index (χ2v) is 8.30. The Balaban J connectivity index is 1.81. The van der Waals surface area contributed by atoms with Gasteiger partial charge in [-0.05, 0) is 56.1 Å². The van der Waals surface area contributed by atoms with Crippen LogP contribution in [-0.4, -0.2) is 54.8 Å². The van der Waals surface area contributed by atoms with Gasteiger partial charge < -0.3 is 9.80 Å². The summed E-state index contributed by atoms with van der Waals surface area (Å²) >= 11 is 0. The molecule has 5 heteroatoms. The Morgan fingerprint density at radius 2 is 1.53 bits per heavy atom. The number of piperazine rings is 1. The van der Waals surface area contributed by atoms with E-state index in [1.807, 2.05) is 50.2 Å². The maximum absolute atomic E-state index is 13.6. The first kappa shape index (κ1) is 20.4. The predicted octanol–water partition coefficient (Wildman–Crippen LogP) is 3.40. The summed E-state index contributed by atoms with van der Waals surface area (Å²) in [6.07, 6.45) is 0.917. The molecule has 156 valence electrons. The highest BCUT2D eigenvalue weighted by atomic mass is 16.2. The van der Waals surface area contributed by atoms with Crippen LogP contribution in [0.3, 0.4) is 0 Å². The van der Waals surface area contributed by atoms with Crippen LogP contribution in [0.5, 0.6) is 0 Å². The number of hydrogen-bond donors (Lipinski definition) is 0. The lowest BCUT2D eigenvalue weighted by atomic mass is 9.97. The van der Waals surface area contributed by atoms with Crippen LogP contribution >= 0.6 is 0 Å². The number of anilines is 1. The summed E-state index contributed by atoms with van der Waals surface area (Å²) in [6, 6.07) is 13.8. The minimum Gasteiger partial charge on any atom is -0.364 e. The second-order valence-electron chi connectivity index (χ2n) is 8.30. The molecule has 0 aromatic heterocycles. The Hall–Kier alpha value is -2.92. The van der Waals surface area contributed by atoms with Gasteiger partial charge >= 0.3 is 0 Å². The van der Waals surface area contributed by atoms with E-state index in [1.165, 1.54) is 10.5 Å². The van der Waals surface area contributed by atoms with E-state index in [0.717, 1.165) is 49.3 Å². The number of benzene rings is 2. The molecule has 1 saturated heterocycles. The molecule has 30 heavy (non-hydrogen) atoms. The van der Waals surface area contributed by atoms with Gasteiger partial charge in [-0.2, -0.15) is 0 Å². The van der Waals surface area contributed by atoms with Gasteiger partial charge in [0, 0.05) is 26.2 Å². The third-order valence-electron chi connectivity index (χ3n) is 6.13. The summed E-state index contributed by atoms with van der Waals surface area (Å²) in [5, 5.41) is 0. The summed E-state index contributed by atoms with van der Waals surface area (Å²) in [7, 11) is 2.08. The summed E-state index contributed by atoms with van der Waals surface area (Å²) in [5.41, 5.74) is 5.89. The second kappa shape index (κ2) is 8.07. The van der Waals surface area contributed by atoms with Crippen molar-refractivity contribution in [3.63, 3.8) is 0 Å². The number of carbonyl (C=O) groups excluding carboxylic acids is 2. The first-order valence-corrected chi connectivity index (χ1v) is 10.6. The van der Waals surface area contributed by atoms with Crippen LogP contribution in [0.4, 0.5) is 5.69 Å². The quantitative estimate of drug-likeness (QED) is 0.734. The minimum atomic E-state index is -0.231. The molecule has 0 aliphatic carbocycles. The molecule has 0 unspecified atom stereocenters. The highest BCUT2D eigenvalue weighted by Gasteiger charge is 2.43. The maximum Gasteiger partial charge on any atom is 0.282 e. The molecule has 2 aromatic carbocycles. The number of hydrogen-bond acceptors (Lipinski definition) is 4. The highest BCUT2D eigenvalue weighted by molar-refractivity contribution is 6.45. The van der Waals surface area contributed by atoms with E-state index in [4.69, 9.17) is 0 Å². The Morgan fingerprint density at radius 1 is 0.867 bits per heavy atom. The maximum atomic E-state index is 13.6. The fourth-order valence-electron chi connectivity index (χ4n) is 4.29. The Kier molecular flexibility index (Phi) is 5.48. The molecule has 1 fully saturated rings. The van der Waals surface area contributed by atoms with Gasteiger partial charge in [-0.25, -0.2) is 4.90 Å². The van der Waals surface area contributed by atoms with Crippen LogP contribution in [0.1, 0.15) is 29.2 Å². The molecular weight excluding hydrogens is 374 g/mol. The zero-order valence-corrected chi connectivity index (χ0v) is 18.2. The molecule has 4 rings (SSSR count). The first-order valence-electron chi connectivity index (χ1n) is 10.6. The van der Waals surface area contributed by atoms with E-state index in [0.29, 0.717) is 17.0 Å². The third-order valence-corrected chi connectivity index (χ3v) is 6.13. The molecule has 0 bridgehead atoms. The van der Waals surface area contributed by atoms with Gasteiger partial charge in [0.2, 0.25) is 0 Å². The van der Waals surface area contributed by atoms with Gasteiger partial charge in [0.15, 0.2) is 0 Å². The summed E-state index contributed by atoms with van der Waals surface area (Å²) in [5.74, 6) is -0.450. The highest BCUT2D eigenvalue weighted by Crippen LogP contribution is 2.36. The van der Waals surface area contributed by atoms with Crippen molar-refractivity contribution in [2.75, 3.05) is 38.1 Å². The number of nitrogens with zero attached hydrogens (tertiary/aromatic N) is 3. The molecule has 2 aromatic rings. The molecule has 0 spiro atoms. The molecule has 2 aliphatic heterocycles. The van der Waals surface area contributed by atoms with E-state index in [-0.39, 0.29) is 11.8 Å². The summed E-state index contributed by atoms with van der Waals surface area (Å²) in [4.78, 5) is 32.9. The van der Waals surface area contributed by atoms with Crippen molar-refractivity contribution in [3.05, 3.63) is 70.4 Å². The standard InChI is InChI=1S/C25H29N3O2/c1-5-19-7-9-20(10-8-19)28-24(29)22(21-11-6-17(2)16-18(21)3)23(25(28)30)27-14-12-26(4)13-15-27/h6-11,16H,5,12-15H2,1-4H3. The largest absolute Gasteiger partial charge is 0.364 e. The smallest absolute Gasteiger partial charge is 0.282 e. The van der Waals surface area contributed by atoms with Gasteiger partial charge in [-0.3, -0.25) is 9.59 Å². The topological polar surface area (TPSA) is 43.9 Å². The van der Waals surface area contributed by atoms with Crippen LogP contribution in [0, 0.1) is 13.8 Å². The van der Waals surface area contributed by atoms with Crippen LogP contribution in [0.15, 0.2) is 48.2 Å². The van der Waals surface area contributed by atoms with Gasteiger partial charge in [0.1, 0.15) is 5.70 Å². The van der Waals surface area contributed by atoms with Crippen molar-refractivity contribution >= 4 is 23.1 Å². The van der Waals surface area contributed by atoms with E-state index in [2.05, 4.69) is 29.8 Å². The summed E-state index contributed by atoms with van der Waals surface area (Å²) < 4.78 is 0. The van der Waals surface area contributed by atoms with Gasteiger partial charge in [-0.1, -0.05) is 42.8 Å². The van der Waals surface area contributed by atoms with Crippen LogP contribution in [-0.2, 0) is 16.0 Å². The van der Waals surface area contributed by atoms with Crippen LogP contribution < -0.4 is 4.90 Å². The molecule has 2 amide bonds. The van der Waals surface area contributed by atoms with Crippen LogP contribution in [0.2, 0.25) is 0 Å². The number of carbonyl (C=O) groups is 2. The van der Waals surface area contributed by atoms with E-state index in [9.17, 15) is 9.59 Å². The molecule has 0 radical (unpaired) electrons. The zero-order chi connectivity index (χ0) is 21.4. The molecule has 2 heterocycles. The Morgan fingerprint density at radius 3 is 2.13 bits per heavy atom. The Labute approximate surface area is 178 Å². The number of likely N-dealkylation sites (N-methyl/N-ethyl adjacent to an activating group) is 1. The van der Waals surface area contributed by atoms with Crippen molar-refractivity contribution in [3.8, 4) is 0 Å². The summed E-state index contributed by atoms with van der Waals surface area (Å²) in [6.45, 7) is 9.35. The Bertz CT molecular complexity index is 1020. The van der Waals surface area contributed by atoms with Crippen LogP contribution in [0.25, 0.3) is 5.57 Å². The monoisotopic (exact) mass is 403 g/mol. The van der Waals surface area contributed by atoms with Gasteiger partial charge in [-0.15, -0.1) is 0 Å². The third kappa shape index (κ3) is 3.54. The lowest BCUT2D eigenvalue weighted by Crippen LogP contribution is -2.46. The SMILES string of the molecule is CCc1ccc(N2C(=O)C(c3ccc(C)cc3C)=C(N3CCN(C)CC3)C2=O)cc1. The normalized spacial score (nSPS) is 18.0. The number of amides is 2. The van der Waals surface area contributed by atoms with E-state index in [1.54, 1.807) is 0 Å². The first-order chi connectivity index (χ1) is 14.4. The fraction of sp³-hybridized carbons (Fsp3) is 0.360. The molecular formula is C25H29N3O2. The lowest BCUT2D eigenvalue weighted by molar-refractivity contribution is -0.120. The molecule has 5 nitrogen and oxygen atoms in total. The average Bonchev–Trinajstić information content (AvgIpc) is 2.99. The lowest BCUT2D eigenvalue weighted by Gasteiger charge is -2.34. The fourth-order valence-corrected chi connectivity index (χ4v) is 4.29. The van der Waals surface area contributed by atoms with Crippen molar-refractivity contribution in [1.29, 1.82) is 0 Å². The van der Waals surface area contributed by atoms with Crippen molar-refractivity contribution in [1.82, 2.24) is 9.80 Å². The van der Waals surface area contributed by atoms with Crippen molar-refractivity contribution in [2.24, 2.45) is 0 Å². The molecule has 0 saturated carbocycles. The van der Waals surface area contributed by atoms with Crippen molar-refractivity contribution < 1.29 is 9.59 Å². The minimum absolute atomic E-state index is 0.219. The average molecular weight is 404 g/mol. The number of imide groups is 1. The zero-order valence-electron chi connectivity index (χ0n) is 18.2.